The van der Waals surface area contributed by atoms with Crippen LogP contribution in [0.15, 0.2) is 47.4 Å². The molecular formula is C22H28N2O3S. The molecule has 1 heterocycles. The Morgan fingerprint density at radius 3 is 2.32 bits per heavy atom. The predicted molar refractivity (Wildman–Crippen MR) is 112 cm³/mol. The third kappa shape index (κ3) is 4.45. The van der Waals surface area contributed by atoms with E-state index in [2.05, 4.69) is 5.32 Å². The van der Waals surface area contributed by atoms with Crippen molar-refractivity contribution in [3.63, 3.8) is 0 Å². The Balaban J connectivity index is 1.78. The minimum Gasteiger partial charge on any atom is -0.326 e. The van der Waals surface area contributed by atoms with Crippen LogP contribution in [0.5, 0.6) is 0 Å². The van der Waals surface area contributed by atoms with E-state index in [-0.39, 0.29) is 18.4 Å². The number of para-hydroxylation sites is 1. The maximum Gasteiger partial charge on any atom is 0.243 e. The average Bonchev–Trinajstić information content (AvgIpc) is 2.65. The number of piperidine rings is 1. The molecule has 0 spiro atoms. The molecule has 2 aromatic carbocycles. The molecule has 0 radical (unpaired) electrons. The van der Waals surface area contributed by atoms with Crippen molar-refractivity contribution >= 4 is 21.6 Å². The van der Waals surface area contributed by atoms with Crippen LogP contribution < -0.4 is 5.32 Å². The summed E-state index contributed by atoms with van der Waals surface area (Å²) in [4.78, 5) is 13.0. The highest BCUT2D eigenvalue weighted by molar-refractivity contribution is 7.89. The van der Waals surface area contributed by atoms with Gasteiger partial charge in [0.15, 0.2) is 0 Å². The zero-order chi connectivity index (χ0) is 20.3. The van der Waals surface area contributed by atoms with Crippen LogP contribution >= 0.6 is 0 Å². The summed E-state index contributed by atoms with van der Waals surface area (Å²) in [6, 6.07) is 12.5. The molecule has 0 saturated carbocycles. The molecule has 1 fully saturated rings. The second-order valence-electron chi connectivity index (χ2n) is 7.60. The van der Waals surface area contributed by atoms with Crippen molar-refractivity contribution in [1.82, 2.24) is 4.31 Å². The number of rotatable bonds is 5. The average molecular weight is 401 g/mol. The molecule has 1 amide bonds. The summed E-state index contributed by atoms with van der Waals surface area (Å²) in [6.07, 6.45) is 2.62. The van der Waals surface area contributed by atoms with Crippen molar-refractivity contribution in [3.8, 4) is 0 Å². The van der Waals surface area contributed by atoms with Gasteiger partial charge in [-0.15, -0.1) is 0 Å². The lowest BCUT2D eigenvalue weighted by Crippen LogP contribution is -2.45. The standard InChI is InChI=1S/C22H28N2O3S/c1-16-10-12-20(13-11-16)28(26,27)24-14-5-4-9-19(24)15-21(25)23-22-17(2)7-6-8-18(22)3/h6-8,10-13,19H,4-5,9,14-15H2,1-3H3,(H,23,25)/t19-/m1/s1. The highest BCUT2D eigenvalue weighted by atomic mass is 32.2. The van der Waals surface area contributed by atoms with Gasteiger partial charge in [-0.25, -0.2) is 8.42 Å². The van der Waals surface area contributed by atoms with Crippen LogP contribution in [0.3, 0.4) is 0 Å². The third-order valence-corrected chi connectivity index (χ3v) is 7.33. The topological polar surface area (TPSA) is 66.5 Å². The fourth-order valence-corrected chi connectivity index (χ4v) is 5.45. The molecule has 2 aromatic rings. The zero-order valence-electron chi connectivity index (χ0n) is 16.7. The van der Waals surface area contributed by atoms with E-state index in [1.165, 1.54) is 4.31 Å². The molecule has 1 atom stereocenters. The van der Waals surface area contributed by atoms with Crippen LogP contribution in [0, 0.1) is 20.8 Å². The lowest BCUT2D eigenvalue weighted by atomic mass is 10.0. The van der Waals surface area contributed by atoms with Gasteiger partial charge in [0.2, 0.25) is 15.9 Å². The predicted octanol–water partition coefficient (Wildman–Crippen LogP) is 4.18. The van der Waals surface area contributed by atoms with Crippen molar-refractivity contribution in [3.05, 3.63) is 59.2 Å². The Bertz CT molecular complexity index is 932. The Morgan fingerprint density at radius 1 is 1.04 bits per heavy atom. The third-order valence-electron chi connectivity index (χ3n) is 5.37. The number of hydrogen-bond donors (Lipinski definition) is 1. The quantitative estimate of drug-likeness (QED) is 0.819. The van der Waals surface area contributed by atoms with E-state index in [1.807, 2.05) is 39.0 Å². The van der Waals surface area contributed by atoms with Crippen molar-refractivity contribution in [2.24, 2.45) is 0 Å². The van der Waals surface area contributed by atoms with Crippen LogP contribution in [0.25, 0.3) is 0 Å². The van der Waals surface area contributed by atoms with Gasteiger partial charge >= 0.3 is 0 Å². The number of hydrogen-bond acceptors (Lipinski definition) is 3. The molecule has 0 unspecified atom stereocenters. The summed E-state index contributed by atoms with van der Waals surface area (Å²) in [5.74, 6) is -0.145. The molecular weight excluding hydrogens is 372 g/mol. The molecule has 3 rings (SSSR count). The zero-order valence-corrected chi connectivity index (χ0v) is 17.6. The van der Waals surface area contributed by atoms with Crippen LogP contribution in [0.2, 0.25) is 0 Å². The summed E-state index contributed by atoms with van der Waals surface area (Å²) < 4.78 is 27.8. The van der Waals surface area contributed by atoms with Crippen LogP contribution in [0.1, 0.15) is 42.4 Å². The van der Waals surface area contributed by atoms with Crippen LogP contribution in [0.4, 0.5) is 5.69 Å². The lowest BCUT2D eigenvalue weighted by molar-refractivity contribution is -0.117. The highest BCUT2D eigenvalue weighted by Gasteiger charge is 2.34. The number of carbonyl (C=O) groups is 1. The number of benzene rings is 2. The molecule has 1 aliphatic rings. The first kappa shape index (κ1) is 20.6. The second kappa shape index (κ2) is 8.45. The lowest BCUT2D eigenvalue weighted by Gasteiger charge is -2.34. The molecule has 1 N–H and O–H groups in total. The number of amides is 1. The minimum absolute atomic E-state index is 0.145. The smallest absolute Gasteiger partial charge is 0.243 e. The maximum absolute atomic E-state index is 13.2. The number of sulfonamides is 1. The summed E-state index contributed by atoms with van der Waals surface area (Å²) >= 11 is 0. The van der Waals surface area contributed by atoms with Gasteiger partial charge in [-0.3, -0.25) is 4.79 Å². The van der Waals surface area contributed by atoms with Crippen LogP contribution in [-0.4, -0.2) is 31.2 Å². The van der Waals surface area contributed by atoms with Gasteiger partial charge in [0, 0.05) is 24.7 Å². The second-order valence-corrected chi connectivity index (χ2v) is 9.49. The molecule has 5 nitrogen and oxygen atoms in total. The van der Waals surface area contributed by atoms with E-state index in [4.69, 9.17) is 0 Å². The van der Waals surface area contributed by atoms with Crippen molar-refractivity contribution in [2.45, 2.75) is 57.4 Å². The van der Waals surface area contributed by atoms with Crippen molar-refractivity contribution in [1.29, 1.82) is 0 Å². The molecule has 150 valence electrons. The molecule has 1 saturated heterocycles. The monoisotopic (exact) mass is 400 g/mol. The highest BCUT2D eigenvalue weighted by Crippen LogP contribution is 2.28. The Morgan fingerprint density at radius 2 is 1.68 bits per heavy atom. The van der Waals surface area contributed by atoms with Gasteiger partial charge in [-0.05, 0) is 56.9 Å². The van der Waals surface area contributed by atoms with E-state index < -0.39 is 10.0 Å². The molecule has 1 aliphatic heterocycles. The minimum atomic E-state index is -3.61. The summed E-state index contributed by atoms with van der Waals surface area (Å²) in [5.41, 5.74) is 3.83. The first-order valence-electron chi connectivity index (χ1n) is 9.73. The number of anilines is 1. The first-order valence-corrected chi connectivity index (χ1v) is 11.2. The van der Waals surface area contributed by atoms with Gasteiger partial charge in [0.1, 0.15) is 0 Å². The summed E-state index contributed by atoms with van der Waals surface area (Å²) in [5, 5.41) is 2.98. The fraction of sp³-hybridized carbons (Fsp3) is 0.409. The summed E-state index contributed by atoms with van der Waals surface area (Å²) in [7, 11) is -3.61. The van der Waals surface area contributed by atoms with Gasteiger partial charge in [0.05, 0.1) is 4.90 Å². The van der Waals surface area contributed by atoms with Gasteiger partial charge in [0.25, 0.3) is 0 Å². The molecule has 6 heteroatoms. The van der Waals surface area contributed by atoms with Crippen molar-refractivity contribution in [2.75, 3.05) is 11.9 Å². The normalized spacial score (nSPS) is 18.0. The first-order chi connectivity index (χ1) is 13.3. The van der Waals surface area contributed by atoms with E-state index in [0.29, 0.717) is 17.9 Å². The molecule has 0 aliphatic carbocycles. The Hall–Kier alpha value is -2.18. The maximum atomic E-state index is 13.2. The van der Waals surface area contributed by atoms with E-state index >= 15 is 0 Å². The summed E-state index contributed by atoms with van der Waals surface area (Å²) in [6.45, 7) is 6.30. The fourth-order valence-electron chi connectivity index (χ4n) is 3.76. The van der Waals surface area contributed by atoms with Gasteiger partial charge in [-0.1, -0.05) is 42.3 Å². The number of nitrogens with zero attached hydrogens (tertiary/aromatic N) is 1. The molecule has 0 bridgehead atoms. The van der Waals surface area contributed by atoms with E-state index in [9.17, 15) is 13.2 Å². The van der Waals surface area contributed by atoms with E-state index in [0.717, 1.165) is 35.2 Å². The number of nitrogens with one attached hydrogen (secondary N) is 1. The van der Waals surface area contributed by atoms with Gasteiger partial charge in [-0.2, -0.15) is 4.31 Å². The van der Waals surface area contributed by atoms with E-state index in [1.54, 1.807) is 24.3 Å². The largest absolute Gasteiger partial charge is 0.326 e. The van der Waals surface area contributed by atoms with Gasteiger partial charge < -0.3 is 5.32 Å². The number of carbonyl (C=O) groups excluding carboxylic acids is 1. The SMILES string of the molecule is Cc1ccc(S(=O)(=O)N2CCCC[C@@H]2CC(=O)Nc2c(C)cccc2C)cc1. The Kier molecular flexibility index (Phi) is 6.20. The number of aryl methyl sites for hydroxylation is 3. The molecule has 28 heavy (non-hydrogen) atoms. The van der Waals surface area contributed by atoms with Crippen LogP contribution in [-0.2, 0) is 14.8 Å². The molecule has 0 aromatic heterocycles. The van der Waals surface area contributed by atoms with Crippen molar-refractivity contribution < 1.29 is 13.2 Å². The Labute approximate surface area is 167 Å².